The number of halogens is 5. The normalized spacial score (nSPS) is 13.7. The van der Waals surface area contributed by atoms with Crippen LogP contribution in [0.25, 0.3) is 0 Å². The third kappa shape index (κ3) is 5.23. The third-order valence-electron chi connectivity index (χ3n) is 2.44. The molecule has 1 unspecified atom stereocenters. The van der Waals surface area contributed by atoms with E-state index >= 15 is 0 Å². The third-order valence-corrected chi connectivity index (χ3v) is 2.68. The number of benzene rings is 1. The minimum Gasteiger partial charge on any atom is -0.314 e. The van der Waals surface area contributed by atoms with Gasteiger partial charge < -0.3 is 5.32 Å². The molecule has 0 amide bonds. The maximum atomic E-state index is 13.4. The van der Waals surface area contributed by atoms with Crippen LogP contribution in [0.2, 0.25) is 5.02 Å². The van der Waals surface area contributed by atoms with Crippen molar-refractivity contribution in [3.63, 3.8) is 0 Å². The van der Waals surface area contributed by atoms with Gasteiger partial charge in [0.1, 0.15) is 5.82 Å². The summed E-state index contributed by atoms with van der Waals surface area (Å²) in [6.45, 7) is 2.10. The van der Waals surface area contributed by atoms with E-state index in [4.69, 9.17) is 11.6 Å². The van der Waals surface area contributed by atoms with Gasteiger partial charge in [0.15, 0.2) is 0 Å². The number of likely N-dealkylation sites (N-methyl/N-ethyl adjacent to an activating group) is 1. The summed E-state index contributed by atoms with van der Waals surface area (Å²) in [6.07, 6.45) is -5.31. The summed E-state index contributed by atoms with van der Waals surface area (Å²) in [5.74, 6) is -0.538. The lowest BCUT2D eigenvalue weighted by Gasteiger charge is -2.20. The topological polar surface area (TPSA) is 12.0 Å². The molecule has 0 fully saturated rings. The summed E-state index contributed by atoms with van der Waals surface area (Å²) in [5, 5.41) is 3.02. The number of alkyl halides is 3. The zero-order valence-electron chi connectivity index (χ0n) is 9.82. The monoisotopic (exact) mass is 283 g/mol. The highest BCUT2D eigenvalue weighted by molar-refractivity contribution is 6.30. The molecule has 102 valence electrons. The Morgan fingerprint density at radius 3 is 2.56 bits per heavy atom. The molecular weight excluding hydrogens is 270 g/mol. The van der Waals surface area contributed by atoms with Crippen molar-refractivity contribution in [2.24, 2.45) is 0 Å². The van der Waals surface area contributed by atoms with Gasteiger partial charge in [0, 0.05) is 11.1 Å². The molecule has 1 rings (SSSR count). The fourth-order valence-electron chi connectivity index (χ4n) is 1.75. The highest BCUT2D eigenvalue weighted by atomic mass is 35.5. The Morgan fingerprint density at radius 2 is 2.00 bits per heavy atom. The van der Waals surface area contributed by atoms with E-state index in [1.54, 1.807) is 6.92 Å². The second kappa shape index (κ2) is 6.38. The maximum Gasteiger partial charge on any atom is 0.390 e. The van der Waals surface area contributed by atoms with Gasteiger partial charge in [-0.2, -0.15) is 13.2 Å². The fraction of sp³-hybridized carbons (Fsp3) is 0.500. The molecule has 1 N–H and O–H groups in total. The van der Waals surface area contributed by atoms with Crippen LogP contribution in [0.4, 0.5) is 17.6 Å². The molecule has 1 aromatic carbocycles. The van der Waals surface area contributed by atoms with E-state index in [-0.39, 0.29) is 12.0 Å². The van der Waals surface area contributed by atoms with Crippen LogP contribution in [0.3, 0.4) is 0 Å². The highest BCUT2D eigenvalue weighted by Gasteiger charge is 2.31. The van der Waals surface area contributed by atoms with Crippen LogP contribution in [0.1, 0.15) is 18.9 Å². The van der Waals surface area contributed by atoms with E-state index in [9.17, 15) is 17.6 Å². The number of nitrogens with one attached hydrogen (secondary N) is 1. The van der Waals surface area contributed by atoms with E-state index in [0.29, 0.717) is 11.6 Å². The van der Waals surface area contributed by atoms with Crippen LogP contribution in [0.15, 0.2) is 18.2 Å². The molecule has 0 aliphatic heterocycles. The maximum absolute atomic E-state index is 13.4. The molecule has 0 saturated carbocycles. The Kier molecular flexibility index (Phi) is 5.41. The van der Waals surface area contributed by atoms with Crippen LogP contribution in [-0.4, -0.2) is 18.8 Å². The molecule has 0 aromatic heterocycles. The van der Waals surface area contributed by atoms with E-state index in [1.807, 2.05) is 0 Å². The molecule has 0 bridgehead atoms. The molecule has 0 radical (unpaired) electrons. The highest BCUT2D eigenvalue weighted by Crippen LogP contribution is 2.24. The van der Waals surface area contributed by atoms with Crippen LogP contribution in [-0.2, 0) is 6.42 Å². The summed E-state index contributed by atoms with van der Waals surface area (Å²) < 4.78 is 50.5. The van der Waals surface area contributed by atoms with Crippen LogP contribution < -0.4 is 5.32 Å². The van der Waals surface area contributed by atoms with Crippen LogP contribution in [0, 0.1) is 5.82 Å². The summed E-state index contributed by atoms with van der Waals surface area (Å²) in [5.41, 5.74) is 0.192. The van der Waals surface area contributed by atoms with E-state index in [2.05, 4.69) is 5.32 Å². The predicted octanol–water partition coefficient (Wildman–Crippen LogP) is 3.95. The molecular formula is C12H14ClF4N. The smallest absolute Gasteiger partial charge is 0.314 e. The van der Waals surface area contributed by atoms with Crippen molar-refractivity contribution in [1.29, 1.82) is 0 Å². The van der Waals surface area contributed by atoms with Gasteiger partial charge in [0.25, 0.3) is 0 Å². The van der Waals surface area contributed by atoms with Crippen molar-refractivity contribution < 1.29 is 17.6 Å². The van der Waals surface area contributed by atoms with E-state index in [0.717, 1.165) is 6.07 Å². The van der Waals surface area contributed by atoms with Gasteiger partial charge in [-0.1, -0.05) is 18.5 Å². The van der Waals surface area contributed by atoms with Crippen LogP contribution in [0.5, 0.6) is 0 Å². The van der Waals surface area contributed by atoms with Gasteiger partial charge in [-0.15, -0.1) is 0 Å². The number of hydrogen-bond donors (Lipinski definition) is 1. The first kappa shape index (κ1) is 15.2. The Hall–Kier alpha value is -0.810. The van der Waals surface area contributed by atoms with Crippen molar-refractivity contribution in [2.45, 2.75) is 32.0 Å². The van der Waals surface area contributed by atoms with Crippen molar-refractivity contribution in [3.8, 4) is 0 Å². The first-order valence-electron chi connectivity index (χ1n) is 5.56. The molecule has 0 spiro atoms. The van der Waals surface area contributed by atoms with Gasteiger partial charge in [0.05, 0.1) is 6.42 Å². The second-order valence-corrected chi connectivity index (χ2v) is 4.45. The van der Waals surface area contributed by atoms with Gasteiger partial charge in [-0.3, -0.25) is 0 Å². The molecule has 6 heteroatoms. The molecule has 0 aliphatic carbocycles. The summed E-state index contributed by atoms with van der Waals surface area (Å²) in [6, 6.07) is 3.04. The lowest BCUT2D eigenvalue weighted by atomic mass is 10.0. The fourth-order valence-corrected chi connectivity index (χ4v) is 1.94. The average molecular weight is 284 g/mol. The number of hydrogen-bond acceptors (Lipinski definition) is 1. The molecule has 1 nitrogen and oxygen atoms in total. The van der Waals surface area contributed by atoms with Gasteiger partial charge >= 0.3 is 6.18 Å². The lowest BCUT2D eigenvalue weighted by molar-refractivity contribution is -0.139. The summed E-state index contributed by atoms with van der Waals surface area (Å²) in [7, 11) is 0. The summed E-state index contributed by atoms with van der Waals surface area (Å²) >= 11 is 5.70. The standard InChI is InChI=1S/C12H14ClF4N/c1-2-18-10(7-12(15,16)17)6-8-5-9(13)3-4-11(8)14/h3-5,10,18H,2,6-7H2,1H3. The Bertz CT molecular complexity index is 392. The van der Waals surface area contributed by atoms with E-state index < -0.39 is 24.5 Å². The van der Waals surface area contributed by atoms with Gasteiger partial charge in [-0.05, 0) is 36.7 Å². The summed E-state index contributed by atoms with van der Waals surface area (Å²) in [4.78, 5) is 0. The van der Waals surface area contributed by atoms with Crippen molar-refractivity contribution in [2.75, 3.05) is 6.54 Å². The van der Waals surface area contributed by atoms with Crippen molar-refractivity contribution >= 4 is 11.6 Å². The SMILES string of the molecule is CCNC(Cc1cc(Cl)ccc1F)CC(F)(F)F. The first-order valence-corrected chi connectivity index (χ1v) is 5.93. The van der Waals surface area contributed by atoms with Crippen molar-refractivity contribution in [3.05, 3.63) is 34.6 Å². The molecule has 0 heterocycles. The van der Waals surface area contributed by atoms with Gasteiger partial charge in [0.2, 0.25) is 0 Å². The molecule has 1 aromatic rings. The zero-order chi connectivity index (χ0) is 13.8. The largest absolute Gasteiger partial charge is 0.390 e. The molecule has 0 aliphatic rings. The Labute approximate surface area is 108 Å². The molecule has 0 saturated heterocycles. The Morgan fingerprint density at radius 1 is 1.33 bits per heavy atom. The number of rotatable bonds is 5. The predicted molar refractivity (Wildman–Crippen MR) is 63.3 cm³/mol. The zero-order valence-corrected chi connectivity index (χ0v) is 10.6. The minimum atomic E-state index is -4.28. The van der Waals surface area contributed by atoms with Crippen LogP contribution >= 0.6 is 11.6 Å². The molecule has 18 heavy (non-hydrogen) atoms. The quantitative estimate of drug-likeness (QED) is 0.807. The minimum absolute atomic E-state index is 0.0419. The second-order valence-electron chi connectivity index (χ2n) is 4.01. The average Bonchev–Trinajstić information content (AvgIpc) is 2.21. The van der Waals surface area contributed by atoms with E-state index in [1.165, 1.54) is 12.1 Å². The lowest BCUT2D eigenvalue weighted by Crippen LogP contribution is -2.35. The molecule has 1 atom stereocenters. The first-order chi connectivity index (χ1) is 8.31. The van der Waals surface area contributed by atoms with Gasteiger partial charge in [-0.25, -0.2) is 4.39 Å². The Balaban J connectivity index is 2.79. The van der Waals surface area contributed by atoms with Crippen molar-refractivity contribution in [1.82, 2.24) is 5.32 Å².